The Labute approximate surface area is 74.6 Å². The average molecular weight is 169 g/mol. The van der Waals surface area contributed by atoms with Crippen LogP contribution < -0.4 is 0 Å². The number of aliphatic hydroxyl groups is 1. The van der Waals surface area contributed by atoms with Crippen LogP contribution in [0.15, 0.2) is 0 Å². The molecule has 0 radical (unpaired) electrons. The summed E-state index contributed by atoms with van der Waals surface area (Å²) in [7, 11) is 0. The fourth-order valence-electron chi connectivity index (χ4n) is 2.34. The first-order valence-electron chi connectivity index (χ1n) is 5.21. The van der Waals surface area contributed by atoms with Gasteiger partial charge in [-0.2, -0.15) is 0 Å². The van der Waals surface area contributed by atoms with E-state index in [9.17, 15) is 0 Å². The van der Waals surface area contributed by atoms with Crippen LogP contribution in [0.25, 0.3) is 0 Å². The van der Waals surface area contributed by atoms with Crippen LogP contribution in [0.5, 0.6) is 0 Å². The summed E-state index contributed by atoms with van der Waals surface area (Å²) in [5, 5.41) is 8.89. The molecule has 0 saturated heterocycles. The Hall–Kier alpha value is -0.0800. The predicted molar refractivity (Wildman–Crippen MR) is 49.0 cm³/mol. The van der Waals surface area contributed by atoms with Gasteiger partial charge in [-0.15, -0.1) is 0 Å². The van der Waals surface area contributed by atoms with Gasteiger partial charge in [0, 0.05) is 18.7 Å². The van der Waals surface area contributed by atoms with Crippen LogP contribution in [-0.4, -0.2) is 35.2 Å². The van der Waals surface area contributed by atoms with Gasteiger partial charge in [-0.25, -0.2) is 0 Å². The van der Waals surface area contributed by atoms with Gasteiger partial charge in [0.15, 0.2) is 0 Å². The minimum Gasteiger partial charge on any atom is -0.396 e. The van der Waals surface area contributed by atoms with Gasteiger partial charge in [-0.05, 0) is 38.1 Å². The van der Waals surface area contributed by atoms with Gasteiger partial charge >= 0.3 is 0 Å². The predicted octanol–water partition coefficient (Wildman–Crippen LogP) is 1.24. The van der Waals surface area contributed by atoms with Crippen molar-refractivity contribution in [2.24, 2.45) is 5.92 Å². The van der Waals surface area contributed by atoms with Crippen LogP contribution >= 0.6 is 0 Å². The molecule has 2 aliphatic carbocycles. The van der Waals surface area contributed by atoms with Crippen LogP contribution in [0.4, 0.5) is 0 Å². The maximum atomic E-state index is 8.89. The zero-order valence-corrected chi connectivity index (χ0v) is 7.87. The monoisotopic (exact) mass is 169 g/mol. The highest BCUT2D eigenvalue weighted by Crippen LogP contribution is 2.37. The van der Waals surface area contributed by atoms with Gasteiger partial charge in [0.05, 0.1) is 0 Å². The van der Waals surface area contributed by atoms with E-state index in [0.717, 1.165) is 12.1 Å². The second-order valence-electron chi connectivity index (χ2n) is 4.24. The largest absolute Gasteiger partial charge is 0.396 e. The lowest BCUT2D eigenvalue weighted by Crippen LogP contribution is -2.46. The van der Waals surface area contributed by atoms with Gasteiger partial charge in [0.2, 0.25) is 0 Å². The molecule has 70 valence electrons. The van der Waals surface area contributed by atoms with Crippen molar-refractivity contribution in [1.82, 2.24) is 4.90 Å². The van der Waals surface area contributed by atoms with Gasteiger partial charge in [0.1, 0.15) is 0 Å². The zero-order chi connectivity index (χ0) is 8.55. The lowest BCUT2D eigenvalue weighted by atomic mass is 9.80. The first-order chi connectivity index (χ1) is 5.85. The molecule has 0 spiro atoms. The molecular formula is C10H19NO. The SMILES string of the molecule is CCN(C1CC1)C1CC(CO)C1. The summed E-state index contributed by atoms with van der Waals surface area (Å²) >= 11 is 0. The first kappa shape index (κ1) is 8.52. The normalized spacial score (nSPS) is 35.2. The van der Waals surface area contributed by atoms with E-state index in [4.69, 9.17) is 5.11 Å². The average Bonchev–Trinajstić information content (AvgIpc) is 2.78. The lowest BCUT2D eigenvalue weighted by Gasteiger charge is -2.42. The van der Waals surface area contributed by atoms with Crippen molar-refractivity contribution in [3.8, 4) is 0 Å². The van der Waals surface area contributed by atoms with E-state index in [1.165, 1.54) is 32.2 Å². The molecule has 0 heterocycles. The molecule has 2 aliphatic rings. The maximum Gasteiger partial charge on any atom is 0.0460 e. The van der Waals surface area contributed by atoms with E-state index >= 15 is 0 Å². The highest BCUT2D eigenvalue weighted by atomic mass is 16.3. The van der Waals surface area contributed by atoms with Gasteiger partial charge < -0.3 is 5.11 Å². The minimum atomic E-state index is 0.402. The molecule has 0 bridgehead atoms. The van der Waals surface area contributed by atoms with Crippen molar-refractivity contribution < 1.29 is 5.11 Å². The third-order valence-electron chi connectivity index (χ3n) is 3.32. The van der Waals surface area contributed by atoms with Crippen LogP contribution in [0, 0.1) is 5.92 Å². The van der Waals surface area contributed by atoms with Crippen molar-refractivity contribution in [2.75, 3.05) is 13.2 Å². The molecule has 2 heteroatoms. The maximum absolute atomic E-state index is 8.89. The second-order valence-corrected chi connectivity index (χ2v) is 4.24. The molecule has 2 rings (SSSR count). The van der Waals surface area contributed by atoms with Crippen molar-refractivity contribution in [3.63, 3.8) is 0 Å². The molecule has 2 nitrogen and oxygen atoms in total. The molecule has 0 aromatic carbocycles. The third-order valence-corrected chi connectivity index (χ3v) is 3.32. The summed E-state index contributed by atoms with van der Waals surface area (Å²) in [5.74, 6) is 0.614. The smallest absolute Gasteiger partial charge is 0.0460 e. The molecule has 2 fully saturated rings. The standard InChI is InChI=1S/C10H19NO/c1-2-11(9-3-4-9)10-5-8(6-10)7-12/h8-10,12H,2-7H2,1H3. The summed E-state index contributed by atoms with van der Waals surface area (Å²) in [4.78, 5) is 2.63. The van der Waals surface area contributed by atoms with E-state index in [-0.39, 0.29) is 0 Å². The van der Waals surface area contributed by atoms with E-state index in [2.05, 4.69) is 11.8 Å². The van der Waals surface area contributed by atoms with Crippen molar-refractivity contribution in [2.45, 2.75) is 44.7 Å². The van der Waals surface area contributed by atoms with E-state index in [0.29, 0.717) is 12.5 Å². The molecule has 0 amide bonds. The molecule has 0 aromatic heterocycles. The highest BCUT2D eigenvalue weighted by molar-refractivity contribution is 4.94. The fourth-order valence-corrected chi connectivity index (χ4v) is 2.34. The Bertz CT molecular complexity index is 150. The summed E-state index contributed by atoms with van der Waals surface area (Å²) in [6.07, 6.45) is 5.30. The number of aliphatic hydroxyl groups excluding tert-OH is 1. The Balaban J connectivity index is 1.76. The molecule has 1 N–H and O–H groups in total. The van der Waals surface area contributed by atoms with E-state index < -0.39 is 0 Å². The Morgan fingerprint density at radius 3 is 2.33 bits per heavy atom. The highest BCUT2D eigenvalue weighted by Gasteiger charge is 2.39. The summed E-state index contributed by atoms with van der Waals surface area (Å²) in [6, 6.07) is 1.71. The fraction of sp³-hybridized carbons (Fsp3) is 1.00. The first-order valence-corrected chi connectivity index (χ1v) is 5.21. The minimum absolute atomic E-state index is 0.402. The molecule has 0 unspecified atom stereocenters. The molecule has 0 atom stereocenters. The molecule has 12 heavy (non-hydrogen) atoms. The number of nitrogens with zero attached hydrogens (tertiary/aromatic N) is 1. The number of hydrogen-bond acceptors (Lipinski definition) is 2. The van der Waals surface area contributed by atoms with Crippen molar-refractivity contribution >= 4 is 0 Å². The Kier molecular flexibility index (Phi) is 2.37. The third kappa shape index (κ3) is 1.50. The summed E-state index contributed by atoms with van der Waals surface area (Å²) in [6.45, 7) is 3.86. The van der Waals surface area contributed by atoms with Crippen molar-refractivity contribution in [1.29, 1.82) is 0 Å². The van der Waals surface area contributed by atoms with Crippen LogP contribution in [-0.2, 0) is 0 Å². The summed E-state index contributed by atoms with van der Waals surface area (Å²) < 4.78 is 0. The van der Waals surface area contributed by atoms with E-state index in [1.807, 2.05) is 0 Å². The number of rotatable bonds is 4. The second kappa shape index (κ2) is 3.35. The lowest BCUT2D eigenvalue weighted by molar-refractivity contribution is 0.0434. The van der Waals surface area contributed by atoms with Crippen LogP contribution in [0.2, 0.25) is 0 Å². The zero-order valence-electron chi connectivity index (χ0n) is 7.87. The quantitative estimate of drug-likeness (QED) is 0.684. The molecule has 0 aliphatic heterocycles. The van der Waals surface area contributed by atoms with Gasteiger partial charge in [-0.3, -0.25) is 4.90 Å². The Morgan fingerprint density at radius 1 is 1.25 bits per heavy atom. The van der Waals surface area contributed by atoms with Gasteiger partial charge in [-0.1, -0.05) is 6.92 Å². The summed E-state index contributed by atoms with van der Waals surface area (Å²) in [5.41, 5.74) is 0. The molecular weight excluding hydrogens is 150 g/mol. The van der Waals surface area contributed by atoms with Gasteiger partial charge in [0.25, 0.3) is 0 Å². The molecule has 2 saturated carbocycles. The number of hydrogen-bond donors (Lipinski definition) is 1. The van der Waals surface area contributed by atoms with Crippen LogP contribution in [0.1, 0.15) is 32.6 Å². The Morgan fingerprint density at radius 2 is 1.92 bits per heavy atom. The molecule has 0 aromatic rings. The van der Waals surface area contributed by atoms with E-state index in [1.54, 1.807) is 0 Å². The van der Waals surface area contributed by atoms with Crippen LogP contribution in [0.3, 0.4) is 0 Å². The topological polar surface area (TPSA) is 23.5 Å². The van der Waals surface area contributed by atoms with Crippen molar-refractivity contribution in [3.05, 3.63) is 0 Å².